The van der Waals surface area contributed by atoms with Crippen LogP contribution in [0.25, 0.3) is 0 Å². The second-order valence-electron chi connectivity index (χ2n) is 6.45. The smallest absolute Gasteiger partial charge is 0.133 e. The van der Waals surface area contributed by atoms with Crippen molar-refractivity contribution in [2.45, 2.75) is 58.0 Å². The lowest BCUT2D eigenvalue weighted by Gasteiger charge is -2.34. The van der Waals surface area contributed by atoms with Crippen LogP contribution in [0.2, 0.25) is 0 Å². The Kier molecular flexibility index (Phi) is 4.25. The highest BCUT2D eigenvalue weighted by atomic mass is 15.2. The quantitative estimate of drug-likeness (QED) is 0.838. The van der Waals surface area contributed by atoms with Gasteiger partial charge in [0.15, 0.2) is 0 Å². The number of nitrogens with zero attached hydrogens (tertiary/aromatic N) is 3. The zero-order valence-corrected chi connectivity index (χ0v) is 12.9. The molecule has 0 N–H and O–H groups in total. The molecule has 2 fully saturated rings. The fraction of sp³-hybridized carbons (Fsp3) is 0.706. The molecule has 0 bridgehead atoms. The summed E-state index contributed by atoms with van der Waals surface area (Å²) in [5.74, 6) is 1.25. The van der Waals surface area contributed by atoms with Crippen molar-refractivity contribution in [3.05, 3.63) is 23.9 Å². The number of anilines is 1. The SMILES string of the molecule is CC(C)N1CCC[C@@H]1c1cccnc1N1CCCCC1. The number of rotatable bonds is 3. The van der Waals surface area contributed by atoms with E-state index in [-0.39, 0.29) is 0 Å². The highest BCUT2D eigenvalue weighted by Crippen LogP contribution is 2.37. The van der Waals surface area contributed by atoms with Crippen molar-refractivity contribution in [3.8, 4) is 0 Å². The first-order valence-electron chi connectivity index (χ1n) is 8.23. The van der Waals surface area contributed by atoms with Gasteiger partial charge in [0.05, 0.1) is 0 Å². The number of hydrogen-bond acceptors (Lipinski definition) is 3. The van der Waals surface area contributed by atoms with Gasteiger partial charge in [0.1, 0.15) is 5.82 Å². The fourth-order valence-electron chi connectivity index (χ4n) is 3.78. The molecule has 0 radical (unpaired) electrons. The van der Waals surface area contributed by atoms with E-state index in [0.717, 1.165) is 0 Å². The van der Waals surface area contributed by atoms with Gasteiger partial charge in [0, 0.05) is 36.9 Å². The molecule has 0 amide bonds. The predicted molar refractivity (Wildman–Crippen MR) is 84.1 cm³/mol. The van der Waals surface area contributed by atoms with Crippen molar-refractivity contribution >= 4 is 5.82 Å². The van der Waals surface area contributed by atoms with E-state index in [1.54, 1.807) is 0 Å². The molecule has 0 aliphatic carbocycles. The maximum Gasteiger partial charge on any atom is 0.133 e. The molecule has 0 saturated carbocycles. The van der Waals surface area contributed by atoms with Crippen LogP contribution in [0.3, 0.4) is 0 Å². The standard InChI is InChI=1S/C17H27N3/c1-14(2)20-13-7-9-16(20)15-8-6-10-18-17(15)19-11-4-3-5-12-19/h6,8,10,14,16H,3-5,7,9,11-13H2,1-2H3/t16-/m1/s1. The maximum absolute atomic E-state index is 4.74. The van der Waals surface area contributed by atoms with E-state index in [1.165, 1.54) is 63.1 Å². The van der Waals surface area contributed by atoms with E-state index in [0.29, 0.717) is 12.1 Å². The molecule has 1 aromatic rings. The Labute approximate surface area is 123 Å². The molecule has 20 heavy (non-hydrogen) atoms. The first kappa shape index (κ1) is 13.9. The van der Waals surface area contributed by atoms with E-state index in [2.05, 4.69) is 35.8 Å². The zero-order chi connectivity index (χ0) is 13.9. The van der Waals surface area contributed by atoms with Crippen LogP contribution in [0.1, 0.15) is 57.6 Å². The van der Waals surface area contributed by atoms with E-state index in [9.17, 15) is 0 Å². The van der Waals surface area contributed by atoms with Crippen LogP contribution in [-0.2, 0) is 0 Å². The largest absolute Gasteiger partial charge is 0.356 e. The Morgan fingerprint density at radius 1 is 1.10 bits per heavy atom. The minimum Gasteiger partial charge on any atom is -0.356 e. The molecular weight excluding hydrogens is 246 g/mol. The molecule has 2 saturated heterocycles. The van der Waals surface area contributed by atoms with Gasteiger partial charge >= 0.3 is 0 Å². The second kappa shape index (κ2) is 6.13. The number of likely N-dealkylation sites (tertiary alicyclic amines) is 1. The summed E-state index contributed by atoms with van der Waals surface area (Å²) in [7, 11) is 0. The van der Waals surface area contributed by atoms with Crippen LogP contribution in [0.5, 0.6) is 0 Å². The summed E-state index contributed by atoms with van der Waals surface area (Å²) >= 11 is 0. The lowest BCUT2D eigenvalue weighted by Crippen LogP contribution is -2.34. The van der Waals surface area contributed by atoms with Crippen LogP contribution in [-0.4, -0.2) is 35.6 Å². The van der Waals surface area contributed by atoms with E-state index >= 15 is 0 Å². The molecule has 3 rings (SSSR count). The van der Waals surface area contributed by atoms with Crippen molar-refractivity contribution in [2.24, 2.45) is 0 Å². The molecule has 3 heteroatoms. The third-order valence-corrected chi connectivity index (χ3v) is 4.79. The zero-order valence-electron chi connectivity index (χ0n) is 12.9. The highest BCUT2D eigenvalue weighted by Gasteiger charge is 2.31. The van der Waals surface area contributed by atoms with Crippen LogP contribution in [0, 0.1) is 0 Å². The van der Waals surface area contributed by atoms with Gasteiger partial charge in [-0.15, -0.1) is 0 Å². The molecule has 2 aliphatic heterocycles. The van der Waals surface area contributed by atoms with E-state index in [1.807, 2.05) is 6.20 Å². The molecule has 0 unspecified atom stereocenters. The second-order valence-corrected chi connectivity index (χ2v) is 6.45. The molecular formula is C17H27N3. The summed E-state index contributed by atoms with van der Waals surface area (Å²) in [6, 6.07) is 5.61. The number of aromatic nitrogens is 1. The summed E-state index contributed by atoms with van der Waals surface area (Å²) in [5.41, 5.74) is 1.46. The minimum atomic E-state index is 0.570. The van der Waals surface area contributed by atoms with Crippen LogP contribution in [0.4, 0.5) is 5.82 Å². The monoisotopic (exact) mass is 273 g/mol. The Hall–Kier alpha value is -1.09. The summed E-state index contributed by atoms with van der Waals surface area (Å²) in [6.45, 7) is 8.22. The van der Waals surface area contributed by atoms with Crippen molar-refractivity contribution in [3.63, 3.8) is 0 Å². The molecule has 2 aliphatic rings. The molecule has 1 aromatic heterocycles. The maximum atomic E-state index is 4.74. The molecule has 110 valence electrons. The van der Waals surface area contributed by atoms with Crippen molar-refractivity contribution in [1.29, 1.82) is 0 Å². The van der Waals surface area contributed by atoms with Gasteiger partial charge in [-0.25, -0.2) is 4.98 Å². The fourth-order valence-corrected chi connectivity index (χ4v) is 3.78. The Morgan fingerprint density at radius 2 is 1.90 bits per heavy atom. The van der Waals surface area contributed by atoms with E-state index in [4.69, 9.17) is 4.98 Å². The number of piperidine rings is 1. The average Bonchev–Trinajstić information content (AvgIpc) is 2.98. The normalized spacial score (nSPS) is 24.6. The van der Waals surface area contributed by atoms with Crippen molar-refractivity contribution in [1.82, 2.24) is 9.88 Å². The number of hydrogen-bond donors (Lipinski definition) is 0. The lowest BCUT2D eigenvalue weighted by molar-refractivity contribution is 0.205. The Morgan fingerprint density at radius 3 is 2.65 bits per heavy atom. The first-order chi connectivity index (χ1) is 9.77. The Bertz CT molecular complexity index is 438. The van der Waals surface area contributed by atoms with Crippen LogP contribution < -0.4 is 4.90 Å². The highest BCUT2D eigenvalue weighted by molar-refractivity contribution is 5.49. The van der Waals surface area contributed by atoms with Crippen LogP contribution >= 0.6 is 0 Å². The van der Waals surface area contributed by atoms with Gasteiger partial charge in [0.25, 0.3) is 0 Å². The molecule has 0 aromatic carbocycles. The minimum absolute atomic E-state index is 0.570. The van der Waals surface area contributed by atoms with Gasteiger partial charge in [-0.05, 0) is 58.6 Å². The topological polar surface area (TPSA) is 19.4 Å². The predicted octanol–water partition coefficient (Wildman–Crippen LogP) is 3.62. The molecule has 3 heterocycles. The average molecular weight is 273 g/mol. The summed E-state index contributed by atoms with van der Waals surface area (Å²) in [6.07, 6.45) is 8.56. The van der Waals surface area contributed by atoms with Gasteiger partial charge in [0.2, 0.25) is 0 Å². The van der Waals surface area contributed by atoms with Gasteiger partial charge in [-0.3, -0.25) is 4.90 Å². The summed E-state index contributed by atoms with van der Waals surface area (Å²) < 4.78 is 0. The third kappa shape index (κ3) is 2.69. The summed E-state index contributed by atoms with van der Waals surface area (Å²) in [4.78, 5) is 9.89. The molecule has 1 atom stereocenters. The van der Waals surface area contributed by atoms with Gasteiger partial charge in [-0.2, -0.15) is 0 Å². The van der Waals surface area contributed by atoms with Gasteiger partial charge < -0.3 is 4.90 Å². The number of pyridine rings is 1. The Balaban J connectivity index is 1.89. The lowest BCUT2D eigenvalue weighted by atomic mass is 10.0. The summed E-state index contributed by atoms with van der Waals surface area (Å²) in [5, 5.41) is 0. The van der Waals surface area contributed by atoms with E-state index < -0.39 is 0 Å². The molecule has 0 spiro atoms. The first-order valence-corrected chi connectivity index (χ1v) is 8.23. The molecule has 3 nitrogen and oxygen atoms in total. The van der Waals surface area contributed by atoms with Crippen LogP contribution in [0.15, 0.2) is 18.3 Å². The van der Waals surface area contributed by atoms with Gasteiger partial charge in [-0.1, -0.05) is 6.07 Å². The van der Waals surface area contributed by atoms with Crippen molar-refractivity contribution < 1.29 is 0 Å². The third-order valence-electron chi connectivity index (χ3n) is 4.79. The van der Waals surface area contributed by atoms with Crippen molar-refractivity contribution in [2.75, 3.05) is 24.5 Å².